The zero-order valence-electron chi connectivity index (χ0n) is 12.9. The molecular formula is C18H15NO5S. The molecule has 0 aromatic heterocycles. The van der Waals surface area contributed by atoms with E-state index in [4.69, 9.17) is 0 Å². The smallest absolute Gasteiger partial charge is 0.268 e. The van der Waals surface area contributed by atoms with Crippen LogP contribution in [0.4, 0.5) is 11.4 Å². The number of phenols is 3. The van der Waals surface area contributed by atoms with E-state index in [2.05, 4.69) is 0 Å². The van der Waals surface area contributed by atoms with Crippen molar-refractivity contribution in [2.24, 2.45) is 0 Å². The molecule has 0 atom stereocenters. The van der Waals surface area contributed by atoms with Gasteiger partial charge in [-0.15, -0.1) is 0 Å². The van der Waals surface area contributed by atoms with Gasteiger partial charge in [-0.3, -0.25) is 0 Å². The van der Waals surface area contributed by atoms with E-state index in [0.29, 0.717) is 11.4 Å². The molecule has 0 amide bonds. The summed E-state index contributed by atoms with van der Waals surface area (Å²) in [5.74, 6) is -0.0207. The van der Waals surface area contributed by atoms with Crippen molar-refractivity contribution in [1.82, 2.24) is 0 Å². The van der Waals surface area contributed by atoms with Crippen LogP contribution in [0.5, 0.6) is 17.2 Å². The molecule has 0 aliphatic heterocycles. The highest BCUT2D eigenvalue weighted by Crippen LogP contribution is 2.34. The number of hydrogen-bond acceptors (Lipinski definition) is 5. The van der Waals surface area contributed by atoms with E-state index >= 15 is 0 Å². The van der Waals surface area contributed by atoms with Crippen LogP contribution >= 0.6 is 0 Å². The van der Waals surface area contributed by atoms with Crippen molar-refractivity contribution >= 4 is 21.4 Å². The normalized spacial score (nSPS) is 11.2. The van der Waals surface area contributed by atoms with Gasteiger partial charge < -0.3 is 15.3 Å². The maximum atomic E-state index is 13.1. The Labute approximate surface area is 144 Å². The van der Waals surface area contributed by atoms with Gasteiger partial charge >= 0.3 is 0 Å². The van der Waals surface area contributed by atoms with Gasteiger partial charge in [0.05, 0.1) is 16.3 Å². The molecule has 0 spiro atoms. The summed E-state index contributed by atoms with van der Waals surface area (Å²) < 4.78 is 27.4. The maximum absolute atomic E-state index is 13.1. The molecule has 0 saturated carbocycles. The number of phenolic OH excluding ortho intramolecular Hbond substituents is 3. The number of aromatic hydroxyl groups is 3. The van der Waals surface area contributed by atoms with E-state index < -0.39 is 10.0 Å². The molecular weight excluding hydrogens is 342 g/mol. The molecule has 3 N–H and O–H groups in total. The third kappa shape index (κ3) is 3.36. The summed E-state index contributed by atoms with van der Waals surface area (Å²) in [6, 6.07) is 16.6. The van der Waals surface area contributed by atoms with E-state index in [-0.39, 0.29) is 22.1 Å². The van der Waals surface area contributed by atoms with Crippen LogP contribution < -0.4 is 4.31 Å². The van der Waals surface area contributed by atoms with E-state index in [0.717, 1.165) is 4.31 Å². The Hall–Kier alpha value is -3.19. The fourth-order valence-corrected chi connectivity index (χ4v) is 3.82. The molecule has 7 heteroatoms. The summed E-state index contributed by atoms with van der Waals surface area (Å²) in [5, 5.41) is 28.3. The first-order valence-electron chi connectivity index (χ1n) is 7.30. The molecule has 0 unspecified atom stereocenters. The number of sulfonamides is 1. The Balaban J connectivity index is 2.17. The van der Waals surface area contributed by atoms with Gasteiger partial charge in [0.2, 0.25) is 0 Å². The van der Waals surface area contributed by atoms with E-state index in [9.17, 15) is 23.7 Å². The van der Waals surface area contributed by atoms with Crippen LogP contribution in [0.2, 0.25) is 0 Å². The Morgan fingerprint density at radius 1 is 0.560 bits per heavy atom. The molecule has 3 rings (SSSR count). The quantitative estimate of drug-likeness (QED) is 0.665. The lowest BCUT2D eigenvalue weighted by Gasteiger charge is -2.24. The molecule has 3 aromatic carbocycles. The number of hydrogen-bond donors (Lipinski definition) is 3. The number of benzene rings is 3. The summed E-state index contributed by atoms with van der Waals surface area (Å²) in [6.45, 7) is 0. The van der Waals surface area contributed by atoms with Crippen LogP contribution in [0.1, 0.15) is 0 Å². The molecule has 0 bridgehead atoms. The standard InChI is InChI=1S/C18H15NO5S/c20-15-5-1-13(2-6-15)19(14-3-7-16(21)8-4-14)25(23,24)18-11-9-17(22)10-12-18/h1-12,20-22H. The zero-order valence-corrected chi connectivity index (χ0v) is 13.8. The second-order valence-corrected chi connectivity index (χ2v) is 7.08. The summed E-state index contributed by atoms with van der Waals surface area (Å²) in [7, 11) is -3.99. The van der Waals surface area contributed by atoms with Gasteiger partial charge in [0, 0.05) is 0 Å². The first-order valence-corrected chi connectivity index (χ1v) is 8.74. The largest absolute Gasteiger partial charge is 0.508 e. The first-order chi connectivity index (χ1) is 11.9. The average Bonchev–Trinajstić information content (AvgIpc) is 2.59. The second kappa shape index (κ2) is 6.37. The monoisotopic (exact) mass is 357 g/mol. The predicted molar refractivity (Wildman–Crippen MR) is 93.6 cm³/mol. The molecule has 25 heavy (non-hydrogen) atoms. The van der Waals surface area contributed by atoms with E-state index in [1.165, 1.54) is 72.8 Å². The lowest BCUT2D eigenvalue weighted by molar-refractivity contribution is 0.474. The molecule has 0 heterocycles. The van der Waals surface area contributed by atoms with Crippen molar-refractivity contribution in [3.63, 3.8) is 0 Å². The summed E-state index contributed by atoms with van der Waals surface area (Å²) in [5.41, 5.74) is 0.633. The fraction of sp³-hybridized carbons (Fsp3) is 0. The van der Waals surface area contributed by atoms with Gasteiger partial charge in [-0.25, -0.2) is 12.7 Å². The van der Waals surface area contributed by atoms with Gasteiger partial charge in [-0.2, -0.15) is 0 Å². The first kappa shape index (κ1) is 16.7. The Kier molecular flexibility index (Phi) is 4.24. The summed E-state index contributed by atoms with van der Waals surface area (Å²) >= 11 is 0. The number of nitrogens with zero attached hydrogens (tertiary/aromatic N) is 1. The van der Waals surface area contributed by atoms with Crippen molar-refractivity contribution in [3.8, 4) is 17.2 Å². The Morgan fingerprint density at radius 2 is 0.880 bits per heavy atom. The lowest BCUT2D eigenvalue weighted by Crippen LogP contribution is -2.26. The Morgan fingerprint density at radius 3 is 1.24 bits per heavy atom. The number of anilines is 2. The molecule has 0 aliphatic rings. The minimum absolute atomic E-state index is 0.00792. The molecule has 128 valence electrons. The molecule has 0 aliphatic carbocycles. The van der Waals surface area contributed by atoms with Crippen LogP contribution in [-0.4, -0.2) is 23.7 Å². The summed E-state index contributed by atoms with van der Waals surface area (Å²) in [4.78, 5) is -0.00792. The minimum Gasteiger partial charge on any atom is -0.508 e. The van der Waals surface area contributed by atoms with E-state index in [1.807, 2.05) is 0 Å². The van der Waals surface area contributed by atoms with Crippen LogP contribution in [-0.2, 0) is 10.0 Å². The highest BCUT2D eigenvalue weighted by atomic mass is 32.2. The highest BCUT2D eigenvalue weighted by Gasteiger charge is 2.26. The van der Waals surface area contributed by atoms with Gasteiger partial charge in [-0.05, 0) is 72.8 Å². The predicted octanol–water partition coefficient (Wildman–Crippen LogP) is 3.33. The minimum atomic E-state index is -3.99. The molecule has 0 fully saturated rings. The van der Waals surface area contributed by atoms with Gasteiger partial charge in [0.25, 0.3) is 10.0 Å². The maximum Gasteiger partial charge on any atom is 0.268 e. The van der Waals surface area contributed by atoms with Crippen molar-refractivity contribution < 1.29 is 23.7 Å². The molecule has 6 nitrogen and oxygen atoms in total. The molecule has 0 saturated heterocycles. The van der Waals surface area contributed by atoms with Gasteiger partial charge in [0.15, 0.2) is 0 Å². The van der Waals surface area contributed by atoms with Crippen molar-refractivity contribution in [1.29, 1.82) is 0 Å². The van der Waals surface area contributed by atoms with Crippen LogP contribution in [0.3, 0.4) is 0 Å². The summed E-state index contributed by atoms with van der Waals surface area (Å²) in [6.07, 6.45) is 0. The Bertz CT molecular complexity index is 920. The molecule has 3 aromatic rings. The topological polar surface area (TPSA) is 98.1 Å². The average molecular weight is 357 g/mol. The lowest BCUT2D eigenvalue weighted by atomic mass is 10.2. The van der Waals surface area contributed by atoms with Gasteiger partial charge in [-0.1, -0.05) is 0 Å². The SMILES string of the molecule is O=S(=O)(c1ccc(O)cc1)N(c1ccc(O)cc1)c1ccc(O)cc1. The fourth-order valence-electron chi connectivity index (χ4n) is 2.33. The van der Waals surface area contributed by atoms with Gasteiger partial charge in [0.1, 0.15) is 17.2 Å². The highest BCUT2D eigenvalue weighted by molar-refractivity contribution is 7.93. The van der Waals surface area contributed by atoms with Crippen molar-refractivity contribution in [2.45, 2.75) is 4.90 Å². The number of rotatable bonds is 4. The molecule has 0 radical (unpaired) electrons. The van der Waals surface area contributed by atoms with Crippen molar-refractivity contribution in [2.75, 3.05) is 4.31 Å². The van der Waals surface area contributed by atoms with Crippen LogP contribution in [0, 0.1) is 0 Å². The third-order valence-electron chi connectivity index (χ3n) is 3.54. The van der Waals surface area contributed by atoms with Crippen molar-refractivity contribution in [3.05, 3.63) is 72.8 Å². The zero-order chi connectivity index (χ0) is 18.0. The third-order valence-corrected chi connectivity index (χ3v) is 5.31. The van der Waals surface area contributed by atoms with Crippen LogP contribution in [0.15, 0.2) is 77.7 Å². The van der Waals surface area contributed by atoms with Crippen LogP contribution in [0.25, 0.3) is 0 Å². The van der Waals surface area contributed by atoms with E-state index in [1.54, 1.807) is 0 Å². The second-order valence-electron chi connectivity index (χ2n) is 5.30.